The van der Waals surface area contributed by atoms with Crippen LogP contribution in [0.5, 0.6) is 0 Å². The smallest absolute Gasteiger partial charge is 0.350 e. The van der Waals surface area contributed by atoms with Crippen LogP contribution >= 0.6 is 0 Å². The molecular formula is C6H4N6O4. The van der Waals surface area contributed by atoms with Crippen molar-refractivity contribution >= 4 is 11.5 Å². The minimum Gasteiger partial charge on any atom is -0.358 e. The van der Waals surface area contributed by atoms with Gasteiger partial charge in [-0.25, -0.2) is 9.97 Å². The molecule has 0 aliphatic rings. The lowest BCUT2D eigenvalue weighted by Crippen LogP contribution is -1.94. The highest BCUT2D eigenvalue weighted by molar-refractivity contribution is 5.71. The predicted molar refractivity (Wildman–Crippen MR) is 49.5 cm³/mol. The number of rotatable bonds is 3. The SMILES string of the molecule is O=[N+]([O-])c1cn[nH]c1-c1nc[nH]c1[N+](=O)[O-]. The molecule has 0 aromatic carbocycles. The fraction of sp³-hybridized carbons (Fsp3) is 0. The summed E-state index contributed by atoms with van der Waals surface area (Å²) >= 11 is 0. The van der Waals surface area contributed by atoms with Crippen molar-refractivity contribution in [3.63, 3.8) is 0 Å². The summed E-state index contributed by atoms with van der Waals surface area (Å²) in [7, 11) is 0. The van der Waals surface area contributed by atoms with Crippen molar-refractivity contribution in [3.05, 3.63) is 32.8 Å². The van der Waals surface area contributed by atoms with Crippen LogP contribution < -0.4 is 0 Å². The second-order valence-corrected chi connectivity index (χ2v) is 2.74. The molecule has 16 heavy (non-hydrogen) atoms. The van der Waals surface area contributed by atoms with E-state index in [0.717, 1.165) is 12.5 Å². The van der Waals surface area contributed by atoms with Crippen LogP contribution in [0.25, 0.3) is 11.4 Å². The Morgan fingerprint density at radius 2 is 2.00 bits per heavy atom. The minimum atomic E-state index is -0.715. The topological polar surface area (TPSA) is 144 Å². The van der Waals surface area contributed by atoms with Gasteiger partial charge >= 0.3 is 11.5 Å². The van der Waals surface area contributed by atoms with Crippen molar-refractivity contribution in [2.75, 3.05) is 0 Å². The average Bonchev–Trinajstić information content (AvgIpc) is 2.85. The van der Waals surface area contributed by atoms with E-state index in [2.05, 4.69) is 20.2 Å². The number of aromatic nitrogens is 4. The molecule has 2 aromatic rings. The van der Waals surface area contributed by atoms with Crippen LogP contribution in [0.4, 0.5) is 11.5 Å². The number of nitrogens with zero attached hydrogens (tertiary/aromatic N) is 4. The molecule has 82 valence electrons. The molecule has 0 saturated carbocycles. The second kappa shape index (κ2) is 3.42. The zero-order chi connectivity index (χ0) is 11.7. The monoisotopic (exact) mass is 224 g/mol. The Morgan fingerprint density at radius 3 is 2.62 bits per heavy atom. The Balaban J connectivity index is 2.59. The molecule has 0 bridgehead atoms. The number of hydrogen-bond donors (Lipinski definition) is 2. The van der Waals surface area contributed by atoms with Gasteiger partial charge in [0.15, 0.2) is 17.7 Å². The molecule has 10 nitrogen and oxygen atoms in total. The van der Waals surface area contributed by atoms with Gasteiger partial charge in [0, 0.05) is 0 Å². The molecule has 2 N–H and O–H groups in total. The first-order valence-corrected chi connectivity index (χ1v) is 3.97. The summed E-state index contributed by atoms with van der Waals surface area (Å²) in [6.07, 6.45) is 2.05. The van der Waals surface area contributed by atoms with Gasteiger partial charge in [0.1, 0.15) is 6.20 Å². The molecular weight excluding hydrogens is 220 g/mol. The maximum absolute atomic E-state index is 10.6. The molecule has 2 heterocycles. The molecule has 10 heteroatoms. The quantitative estimate of drug-likeness (QED) is 0.577. The second-order valence-electron chi connectivity index (χ2n) is 2.74. The van der Waals surface area contributed by atoms with Crippen molar-refractivity contribution in [1.29, 1.82) is 0 Å². The molecule has 0 spiro atoms. The lowest BCUT2D eigenvalue weighted by Gasteiger charge is -1.94. The van der Waals surface area contributed by atoms with Crippen molar-refractivity contribution in [2.24, 2.45) is 0 Å². The number of imidazole rings is 1. The maximum atomic E-state index is 10.6. The Bertz CT molecular complexity index is 507. The van der Waals surface area contributed by atoms with Crippen LogP contribution in [0, 0.1) is 20.2 Å². The molecule has 0 atom stereocenters. The molecule has 0 aliphatic heterocycles. The van der Waals surface area contributed by atoms with Crippen LogP contribution in [0.15, 0.2) is 12.5 Å². The first-order valence-electron chi connectivity index (χ1n) is 3.97. The molecule has 0 radical (unpaired) electrons. The van der Waals surface area contributed by atoms with E-state index < -0.39 is 15.7 Å². The van der Waals surface area contributed by atoms with E-state index in [1.54, 1.807) is 0 Å². The standard InChI is InChI=1S/C6H4N6O4/c13-11(14)3-1-9-10-4(3)5-6(12(15)16)8-2-7-5/h1-2H,(H,7,8)(H,9,10). The number of hydrogen-bond acceptors (Lipinski definition) is 6. The summed E-state index contributed by atoms with van der Waals surface area (Å²) in [5, 5.41) is 26.9. The van der Waals surface area contributed by atoms with E-state index in [0.29, 0.717) is 0 Å². The lowest BCUT2D eigenvalue weighted by molar-refractivity contribution is -0.389. The molecule has 0 unspecified atom stereocenters. The zero-order valence-corrected chi connectivity index (χ0v) is 7.58. The lowest BCUT2D eigenvalue weighted by atomic mass is 10.3. The molecule has 2 rings (SSSR count). The fourth-order valence-electron chi connectivity index (χ4n) is 1.20. The van der Waals surface area contributed by atoms with Crippen LogP contribution in [0.2, 0.25) is 0 Å². The number of H-pyrrole nitrogens is 2. The Hall–Kier alpha value is -2.78. The summed E-state index contributed by atoms with van der Waals surface area (Å²) in [6, 6.07) is 0. The fourth-order valence-corrected chi connectivity index (χ4v) is 1.20. The van der Waals surface area contributed by atoms with Crippen LogP contribution in [0.1, 0.15) is 0 Å². The molecule has 0 saturated heterocycles. The summed E-state index contributed by atoms with van der Waals surface area (Å²) < 4.78 is 0. The van der Waals surface area contributed by atoms with Crippen LogP contribution in [-0.4, -0.2) is 30.0 Å². The summed E-state index contributed by atoms with van der Waals surface area (Å²) in [5.74, 6) is -0.424. The van der Waals surface area contributed by atoms with E-state index in [9.17, 15) is 20.2 Å². The van der Waals surface area contributed by atoms with E-state index in [4.69, 9.17) is 0 Å². The third-order valence-corrected chi connectivity index (χ3v) is 1.85. The summed E-state index contributed by atoms with van der Waals surface area (Å²) in [5.41, 5.74) is -0.609. The van der Waals surface area contributed by atoms with Gasteiger partial charge in [-0.1, -0.05) is 0 Å². The van der Waals surface area contributed by atoms with Gasteiger partial charge in [-0.2, -0.15) is 5.10 Å². The van der Waals surface area contributed by atoms with E-state index in [1.165, 1.54) is 0 Å². The first-order chi connectivity index (χ1) is 7.61. The van der Waals surface area contributed by atoms with Gasteiger partial charge in [-0.05, 0) is 4.92 Å². The normalized spacial score (nSPS) is 10.2. The Morgan fingerprint density at radius 1 is 1.25 bits per heavy atom. The highest BCUT2D eigenvalue weighted by Gasteiger charge is 2.26. The van der Waals surface area contributed by atoms with Crippen molar-refractivity contribution < 1.29 is 9.85 Å². The van der Waals surface area contributed by atoms with Gasteiger partial charge in [-0.15, -0.1) is 0 Å². The van der Waals surface area contributed by atoms with E-state index >= 15 is 0 Å². The van der Waals surface area contributed by atoms with E-state index in [-0.39, 0.29) is 17.1 Å². The van der Waals surface area contributed by atoms with Crippen LogP contribution in [-0.2, 0) is 0 Å². The highest BCUT2D eigenvalue weighted by Crippen LogP contribution is 2.30. The number of aromatic amines is 2. The van der Waals surface area contributed by atoms with Gasteiger partial charge in [0.2, 0.25) is 0 Å². The van der Waals surface area contributed by atoms with E-state index in [1.807, 2.05) is 0 Å². The zero-order valence-electron chi connectivity index (χ0n) is 7.58. The van der Waals surface area contributed by atoms with Crippen LogP contribution in [0.3, 0.4) is 0 Å². The van der Waals surface area contributed by atoms with Gasteiger partial charge in [-0.3, -0.25) is 15.2 Å². The molecule has 2 aromatic heterocycles. The number of nitro groups is 2. The highest BCUT2D eigenvalue weighted by atomic mass is 16.6. The number of nitrogens with one attached hydrogen (secondary N) is 2. The van der Waals surface area contributed by atoms with Crippen molar-refractivity contribution in [1.82, 2.24) is 20.2 Å². The molecule has 0 amide bonds. The van der Waals surface area contributed by atoms with Gasteiger partial charge in [0.25, 0.3) is 0 Å². The minimum absolute atomic E-state index is 0.0991. The van der Waals surface area contributed by atoms with Gasteiger partial charge < -0.3 is 10.1 Å². The third kappa shape index (κ3) is 1.37. The molecule has 0 fully saturated rings. The third-order valence-electron chi connectivity index (χ3n) is 1.85. The predicted octanol–water partition coefficient (Wildman–Crippen LogP) is 0.616. The summed E-state index contributed by atoms with van der Waals surface area (Å²) in [4.78, 5) is 25.7. The largest absolute Gasteiger partial charge is 0.358 e. The molecule has 0 aliphatic carbocycles. The maximum Gasteiger partial charge on any atom is 0.350 e. The Kier molecular flexibility index (Phi) is 2.08. The summed E-state index contributed by atoms with van der Waals surface area (Å²) in [6.45, 7) is 0. The van der Waals surface area contributed by atoms with Gasteiger partial charge in [0.05, 0.1) is 4.92 Å². The Labute approximate surface area is 86.6 Å². The first kappa shape index (κ1) is 9.76. The van der Waals surface area contributed by atoms with Crippen molar-refractivity contribution in [3.8, 4) is 11.4 Å². The van der Waals surface area contributed by atoms with Crippen molar-refractivity contribution in [2.45, 2.75) is 0 Å². The average molecular weight is 224 g/mol.